The molecule has 0 radical (unpaired) electrons. The van der Waals surface area contributed by atoms with E-state index in [9.17, 15) is 4.39 Å². The highest BCUT2D eigenvalue weighted by Crippen LogP contribution is 2.17. The summed E-state index contributed by atoms with van der Waals surface area (Å²) in [6, 6.07) is 5.53. The summed E-state index contributed by atoms with van der Waals surface area (Å²) in [7, 11) is 2.07. The second-order valence-electron chi connectivity index (χ2n) is 4.79. The molecule has 2 aromatic rings. The maximum absolute atomic E-state index is 13.6. The Balaban J connectivity index is 2.31. The number of halogens is 1. The molecule has 0 aliphatic carbocycles. The average Bonchev–Trinajstić information content (AvgIpc) is 2.64. The first-order chi connectivity index (χ1) is 8.50. The normalized spacial score (nSPS) is 11.9. The molecule has 0 saturated heterocycles. The molecule has 0 aliphatic rings. The quantitative estimate of drug-likeness (QED) is 0.860. The van der Waals surface area contributed by atoms with Gasteiger partial charge in [0, 0.05) is 19.1 Å². The van der Waals surface area contributed by atoms with E-state index in [1.165, 1.54) is 6.07 Å². The standard InChI is InChI=1S/C13H18FN3S/c1-9(2)16(3)7-8-17-11-6-4-5-10(14)12(11)15-13(17)18/h4-6,9H,7-8H2,1-3H3,(H,15,18). The fourth-order valence-corrected chi connectivity index (χ4v) is 2.17. The van der Waals surface area contributed by atoms with E-state index >= 15 is 0 Å². The fraction of sp³-hybridized carbons (Fsp3) is 0.462. The Labute approximate surface area is 111 Å². The number of H-pyrrole nitrogens is 1. The van der Waals surface area contributed by atoms with Gasteiger partial charge in [-0.25, -0.2) is 4.39 Å². The SMILES string of the molecule is CC(C)N(C)CCn1c(=S)[nH]c2c(F)cccc21. The van der Waals surface area contributed by atoms with Crippen molar-refractivity contribution in [3.8, 4) is 0 Å². The van der Waals surface area contributed by atoms with E-state index in [0.29, 0.717) is 16.3 Å². The molecule has 1 aromatic carbocycles. The van der Waals surface area contributed by atoms with Crippen LogP contribution in [0, 0.1) is 10.6 Å². The number of likely N-dealkylation sites (N-methyl/N-ethyl adjacent to an activating group) is 1. The van der Waals surface area contributed by atoms with Crippen LogP contribution in [0.25, 0.3) is 11.0 Å². The lowest BCUT2D eigenvalue weighted by Crippen LogP contribution is -2.29. The summed E-state index contributed by atoms with van der Waals surface area (Å²) in [6.07, 6.45) is 0. The number of rotatable bonds is 4. The molecule has 0 unspecified atom stereocenters. The highest BCUT2D eigenvalue weighted by molar-refractivity contribution is 7.71. The molecule has 3 nitrogen and oxygen atoms in total. The van der Waals surface area contributed by atoms with Gasteiger partial charge in [0.05, 0.1) is 5.52 Å². The second-order valence-corrected chi connectivity index (χ2v) is 5.18. The Hall–Kier alpha value is -1.20. The van der Waals surface area contributed by atoms with Crippen LogP contribution in [-0.2, 0) is 6.54 Å². The van der Waals surface area contributed by atoms with E-state index in [0.717, 1.165) is 18.6 Å². The van der Waals surface area contributed by atoms with Gasteiger partial charge in [0.25, 0.3) is 0 Å². The molecule has 0 spiro atoms. The lowest BCUT2D eigenvalue weighted by molar-refractivity contribution is 0.263. The highest BCUT2D eigenvalue weighted by Gasteiger charge is 2.09. The maximum atomic E-state index is 13.6. The van der Waals surface area contributed by atoms with Crippen molar-refractivity contribution in [2.45, 2.75) is 26.4 Å². The van der Waals surface area contributed by atoms with Gasteiger partial charge in [0.15, 0.2) is 4.77 Å². The van der Waals surface area contributed by atoms with E-state index in [1.54, 1.807) is 6.07 Å². The molecule has 0 atom stereocenters. The number of imidazole rings is 1. The number of hydrogen-bond donors (Lipinski definition) is 1. The van der Waals surface area contributed by atoms with Crippen LogP contribution in [0.15, 0.2) is 18.2 Å². The van der Waals surface area contributed by atoms with Crippen LogP contribution in [0.2, 0.25) is 0 Å². The molecule has 18 heavy (non-hydrogen) atoms. The molecule has 1 heterocycles. The molecule has 5 heteroatoms. The molecule has 1 aromatic heterocycles. The number of aromatic nitrogens is 2. The van der Waals surface area contributed by atoms with Gasteiger partial charge in [-0.3, -0.25) is 0 Å². The molecule has 1 N–H and O–H groups in total. The van der Waals surface area contributed by atoms with Crippen LogP contribution in [0.1, 0.15) is 13.8 Å². The molecule has 0 saturated carbocycles. The number of nitrogens with zero attached hydrogens (tertiary/aromatic N) is 2. The molecule has 0 aliphatic heterocycles. The summed E-state index contributed by atoms with van der Waals surface area (Å²) >= 11 is 5.25. The van der Waals surface area contributed by atoms with Gasteiger partial charge in [0.2, 0.25) is 0 Å². The Bertz CT molecular complexity index is 600. The summed E-state index contributed by atoms with van der Waals surface area (Å²) in [6.45, 7) is 5.94. The van der Waals surface area contributed by atoms with Crippen molar-refractivity contribution < 1.29 is 4.39 Å². The van der Waals surface area contributed by atoms with Crippen molar-refractivity contribution in [2.75, 3.05) is 13.6 Å². The fourth-order valence-electron chi connectivity index (χ4n) is 1.88. The Kier molecular flexibility index (Phi) is 3.82. The first-order valence-corrected chi connectivity index (χ1v) is 6.49. The van der Waals surface area contributed by atoms with Crippen molar-refractivity contribution >= 4 is 23.3 Å². The van der Waals surface area contributed by atoms with Crippen molar-refractivity contribution in [3.05, 3.63) is 28.8 Å². The Morgan fingerprint density at radius 2 is 2.17 bits per heavy atom. The minimum atomic E-state index is -0.255. The minimum Gasteiger partial charge on any atom is -0.328 e. The van der Waals surface area contributed by atoms with Crippen LogP contribution in [-0.4, -0.2) is 34.1 Å². The Morgan fingerprint density at radius 3 is 2.83 bits per heavy atom. The molecule has 0 fully saturated rings. The van der Waals surface area contributed by atoms with Gasteiger partial charge < -0.3 is 14.5 Å². The second kappa shape index (κ2) is 5.20. The van der Waals surface area contributed by atoms with Crippen molar-refractivity contribution in [3.63, 3.8) is 0 Å². The summed E-state index contributed by atoms with van der Waals surface area (Å²) < 4.78 is 16.1. The number of benzene rings is 1. The van der Waals surface area contributed by atoms with Crippen molar-refractivity contribution in [1.82, 2.24) is 14.5 Å². The maximum Gasteiger partial charge on any atom is 0.178 e. The first-order valence-electron chi connectivity index (χ1n) is 6.08. The zero-order valence-corrected chi connectivity index (χ0v) is 11.7. The lowest BCUT2D eigenvalue weighted by atomic mass is 10.3. The van der Waals surface area contributed by atoms with Gasteiger partial charge in [0.1, 0.15) is 11.3 Å². The summed E-state index contributed by atoms with van der Waals surface area (Å²) in [5, 5.41) is 0. The van der Waals surface area contributed by atoms with E-state index in [1.807, 2.05) is 10.6 Å². The lowest BCUT2D eigenvalue weighted by Gasteiger charge is -2.21. The molecular formula is C13H18FN3S. The Morgan fingerprint density at radius 1 is 1.44 bits per heavy atom. The molecule has 0 bridgehead atoms. The molecule has 98 valence electrons. The number of para-hydroxylation sites is 1. The van der Waals surface area contributed by atoms with Gasteiger partial charge in [-0.1, -0.05) is 6.07 Å². The molecular weight excluding hydrogens is 249 g/mol. The van der Waals surface area contributed by atoms with Gasteiger partial charge >= 0.3 is 0 Å². The molecule has 0 amide bonds. The van der Waals surface area contributed by atoms with E-state index in [-0.39, 0.29) is 5.82 Å². The summed E-state index contributed by atoms with van der Waals surface area (Å²) in [5.74, 6) is -0.255. The van der Waals surface area contributed by atoms with Gasteiger partial charge in [-0.2, -0.15) is 0 Å². The van der Waals surface area contributed by atoms with E-state index in [2.05, 4.69) is 30.8 Å². The third kappa shape index (κ3) is 2.47. The number of fused-ring (bicyclic) bond motifs is 1. The largest absolute Gasteiger partial charge is 0.328 e. The van der Waals surface area contributed by atoms with Gasteiger partial charge in [-0.05, 0) is 45.2 Å². The van der Waals surface area contributed by atoms with Crippen molar-refractivity contribution in [2.24, 2.45) is 0 Å². The molecule has 2 rings (SSSR count). The number of hydrogen-bond acceptors (Lipinski definition) is 2. The zero-order chi connectivity index (χ0) is 13.3. The van der Waals surface area contributed by atoms with Crippen LogP contribution in [0.3, 0.4) is 0 Å². The van der Waals surface area contributed by atoms with E-state index < -0.39 is 0 Å². The number of aromatic amines is 1. The minimum absolute atomic E-state index is 0.255. The smallest absolute Gasteiger partial charge is 0.178 e. The number of nitrogens with one attached hydrogen (secondary N) is 1. The van der Waals surface area contributed by atoms with Crippen LogP contribution in [0.4, 0.5) is 4.39 Å². The third-order valence-corrected chi connectivity index (χ3v) is 3.64. The average molecular weight is 267 g/mol. The monoisotopic (exact) mass is 267 g/mol. The summed E-state index contributed by atoms with van der Waals surface area (Å²) in [5.41, 5.74) is 1.33. The predicted octanol–water partition coefficient (Wildman–Crippen LogP) is 3.18. The van der Waals surface area contributed by atoms with E-state index in [4.69, 9.17) is 12.2 Å². The zero-order valence-electron chi connectivity index (χ0n) is 10.9. The van der Waals surface area contributed by atoms with Crippen LogP contribution < -0.4 is 0 Å². The van der Waals surface area contributed by atoms with Crippen LogP contribution >= 0.6 is 12.2 Å². The van der Waals surface area contributed by atoms with Crippen molar-refractivity contribution in [1.29, 1.82) is 0 Å². The predicted molar refractivity (Wildman–Crippen MR) is 74.8 cm³/mol. The third-order valence-electron chi connectivity index (χ3n) is 3.32. The van der Waals surface area contributed by atoms with Gasteiger partial charge in [-0.15, -0.1) is 0 Å². The highest BCUT2D eigenvalue weighted by atomic mass is 32.1. The summed E-state index contributed by atoms with van der Waals surface area (Å²) in [4.78, 5) is 5.17. The van der Waals surface area contributed by atoms with Crippen LogP contribution in [0.5, 0.6) is 0 Å². The topological polar surface area (TPSA) is 24.0 Å². The first kappa shape index (κ1) is 13.2.